The van der Waals surface area contributed by atoms with Gasteiger partial charge in [-0.1, -0.05) is 11.6 Å². The lowest BCUT2D eigenvalue weighted by Crippen LogP contribution is -1.77. The highest BCUT2D eigenvalue weighted by Gasteiger charge is 2.04. The molecule has 2 N–H and O–H groups in total. The van der Waals surface area contributed by atoms with Gasteiger partial charge < -0.3 is 0 Å². The van der Waals surface area contributed by atoms with Crippen molar-refractivity contribution < 1.29 is 0 Å². The molecule has 0 radical (unpaired) electrons. The lowest BCUT2D eigenvalue weighted by molar-refractivity contribution is 1.10. The number of nitrogens with zero attached hydrogens (tertiary/aromatic N) is 4. The van der Waals surface area contributed by atoms with Crippen molar-refractivity contribution >= 4 is 65.5 Å². The smallest absolute Gasteiger partial charge is 0.156 e. The van der Waals surface area contributed by atoms with Gasteiger partial charge in [-0.2, -0.15) is 10.2 Å². The maximum Gasteiger partial charge on any atom is 0.156 e. The van der Waals surface area contributed by atoms with Crippen molar-refractivity contribution in [3.8, 4) is 0 Å². The quantitative estimate of drug-likeness (QED) is 0.440. The first kappa shape index (κ1) is 14.4. The molecule has 4 heterocycles. The summed E-state index contributed by atoms with van der Waals surface area (Å²) in [7, 11) is 0. The predicted molar refractivity (Wildman–Crippen MR) is 88.2 cm³/mol. The molecule has 0 aromatic carbocycles. The molecule has 6 nitrogen and oxygen atoms in total. The zero-order chi connectivity index (χ0) is 14.8. The molecule has 21 heavy (non-hydrogen) atoms. The largest absolute Gasteiger partial charge is 0.261 e. The Balaban J connectivity index is 0.000000126. The normalized spacial score (nSPS) is 10.6. The van der Waals surface area contributed by atoms with E-state index in [2.05, 4.69) is 62.2 Å². The van der Waals surface area contributed by atoms with E-state index in [1.54, 1.807) is 24.8 Å². The minimum atomic E-state index is 0.642. The average Bonchev–Trinajstić information content (AvgIpc) is 3.12. The molecular formula is C12H7Br2ClN6. The van der Waals surface area contributed by atoms with E-state index in [0.29, 0.717) is 10.7 Å². The summed E-state index contributed by atoms with van der Waals surface area (Å²) in [5, 5.41) is 15.6. The summed E-state index contributed by atoms with van der Waals surface area (Å²) in [5.74, 6) is 0. The van der Waals surface area contributed by atoms with E-state index in [4.69, 9.17) is 11.6 Å². The highest BCUT2D eigenvalue weighted by Crippen LogP contribution is 2.27. The topological polar surface area (TPSA) is 83.1 Å². The Bertz CT molecular complexity index is 903. The third-order valence-corrected chi connectivity index (χ3v) is 4.30. The van der Waals surface area contributed by atoms with Crippen LogP contribution in [0.5, 0.6) is 0 Å². The first-order chi connectivity index (χ1) is 10.1. The molecule has 0 amide bonds. The number of hydrogen-bond donors (Lipinski definition) is 2. The summed E-state index contributed by atoms with van der Waals surface area (Å²) in [6.45, 7) is 0. The van der Waals surface area contributed by atoms with Gasteiger partial charge in [0.1, 0.15) is 0 Å². The second-order valence-corrected chi connectivity index (χ2v) is 6.16. The van der Waals surface area contributed by atoms with Gasteiger partial charge in [0, 0.05) is 22.3 Å². The number of H-pyrrole nitrogens is 2. The van der Waals surface area contributed by atoms with Crippen molar-refractivity contribution in [2.45, 2.75) is 0 Å². The van der Waals surface area contributed by atoms with Crippen LogP contribution in [0.15, 0.2) is 39.8 Å². The minimum absolute atomic E-state index is 0.642. The van der Waals surface area contributed by atoms with E-state index in [1.165, 1.54) is 0 Å². The molecule has 4 rings (SSSR count). The molecule has 9 heteroatoms. The van der Waals surface area contributed by atoms with E-state index < -0.39 is 0 Å². The second-order valence-electron chi connectivity index (χ2n) is 4.01. The Morgan fingerprint density at radius 2 is 1.62 bits per heavy atom. The van der Waals surface area contributed by atoms with Crippen LogP contribution in [-0.2, 0) is 0 Å². The minimum Gasteiger partial charge on any atom is -0.261 e. The van der Waals surface area contributed by atoms with Crippen LogP contribution < -0.4 is 0 Å². The zero-order valence-electron chi connectivity index (χ0n) is 10.3. The summed E-state index contributed by atoms with van der Waals surface area (Å²) in [5.41, 5.74) is 1.53. The molecule has 0 saturated heterocycles. The molecule has 0 atom stereocenters. The van der Waals surface area contributed by atoms with Crippen LogP contribution in [0.25, 0.3) is 22.1 Å². The number of rotatable bonds is 0. The molecule has 0 aliphatic heterocycles. The molecule has 0 aliphatic rings. The lowest BCUT2D eigenvalue weighted by atomic mass is 10.4. The van der Waals surface area contributed by atoms with Gasteiger partial charge >= 0.3 is 0 Å². The lowest BCUT2D eigenvalue weighted by Gasteiger charge is -1.93. The van der Waals surface area contributed by atoms with E-state index in [-0.39, 0.29) is 0 Å². The highest BCUT2D eigenvalue weighted by molar-refractivity contribution is 9.10. The van der Waals surface area contributed by atoms with Crippen molar-refractivity contribution in [1.29, 1.82) is 0 Å². The van der Waals surface area contributed by atoms with Crippen molar-refractivity contribution in [3.63, 3.8) is 0 Å². The van der Waals surface area contributed by atoms with Gasteiger partial charge in [-0.05, 0) is 37.9 Å². The standard InChI is InChI=1S/C6H3BrClN3.C6H4BrN3/c7-4-2-9-6-3(5(4)8)1-10-11-6;7-5-1-4-2-9-10-6(4)8-3-5/h1-2H,(H,9,10,11);1-3H,(H,8,9,10). The van der Waals surface area contributed by atoms with E-state index in [1.807, 2.05) is 6.07 Å². The molecule has 106 valence electrons. The predicted octanol–water partition coefficient (Wildman–Crippen LogP) is 4.09. The Morgan fingerprint density at radius 1 is 0.905 bits per heavy atom. The van der Waals surface area contributed by atoms with Crippen molar-refractivity contribution in [1.82, 2.24) is 30.4 Å². The van der Waals surface area contributed by atoms with Gasteiger partial charge in [0.05, 0.1) is 27.3 Å². The van der Waals surface area contributed by atoms with Crippen LogP contribution in [0, 0.1) is 0 Å². The highest BCUT2D eigenvalue weighted by atomic mass is 79.9. The summed E-state index contributed by atoms with van der Waals surface area (Å²) in [6.07, 6.45) is 6.77. The van der Waals surface area contributed by atoms with E-state index >= 15 is 0 Å². The molecule has 0 aliphatic carbocycles. The first-order valence-corrected chi connectivity index (χ1v) is 7.69. The number of pyridine rings is 2. The van der Waals surface area contributed by atoms with Crippen molar-refractivity contribution in [3.05, 3.63) is 44.8 Å². The Hall–Kier alpha value is -1.51. The van der Waals surface area contributed by atoms with Crippen LogP contribution in [0.2, 0.25) is 5.02 Å². The number of nitrogens with one attached hydrogen (secondary N) is 2. The monoisotopic (exact) mass is 428 g/mol. The SMILES string of the molecule is Brc1cnc2[nH]ncc2c1.Clc1c(Br)cnc2[nH]ncc12. The molecule has 0 saturated carbocycles. The van der Waals surface area contributed by atoms with E-state index in [0.717, 1.165) is 25.4 Å². The molecule has 4 aromatic heterocycles. The molecule has 0 spiro atoms. The molecule has 0 bridgehead atoms. The Morgan fingerprint density at radius 3 is 2.48 bits per heavy atom. The van der Waals surface area contributed by atoms with Crippen LogP contribution in [0.3, 0.4) is 0 Å². The molecule has 4 aromatic rings. The Kier molecular flexibility index (Phi) is 4.18. The molecule has 0 fully saturated rings. The van der Waals surface area contributed by atoms with Crippen LogP contribution in [0.1, 0.15) is 0 Å². The third-order valence-electron chi connectivity index (χ3n) is 2.63. The van der Waals surface area contributed by atoms with Crippen LogP contribution in [0.4, 0.5) is 0 Å². The summed E-state index contributed by atoms with van der Waals surface area (Å²) in [4.78, 5) is 8.13. The number of hydrogen-bond acceptors (Lipinski definition) is 4. The van der Waals surface area contributed by atoms with E-state index in [9.17, 15) is 0 Å². The third kappa shape index (κ3) is 3.07. The fourth-order valence-electron chi connectivity index (χ4n) is 1.65. The van der Waals surface area contributed by atoms with Gasteiger partial charge in [0.15, 0.2) is 11.3 Å². The molecule has 0 unspecified atom stereocenters. The van der Waals surface area contributed by atoms with Crippen LogP contribution in [-0.4, -0.2) is 30.4 Å². The maximum atomic E-state index is 5.92. The Labute approximate surface area is 140 Å². The summed E-state index contributed by atoms with van der Waals surface area (Å²) >= 11 is 12.5. The van der Waals surface area contributed by atoms with Gasteiger partial charge in [-0.25, -0.2) is 9.97 Å². The fraction of sp³-hybridized carbons (Fsp3) is 0. The number of halogens is 3. The van der Waals surface area contributed by atoms with Crippen molar-refractivity contribution in [2.75, 3.05) is 0 Å². The summed E-state index contributed by atoms with van der Waals surface area (Å²) < 4.78 is 1.76. The molecular weight excluding hydrogens is 423 g/mol. The van der Waals surface area contributed by atoms with Gasteiger partial charge in [0.25, 0.3) is 0 Å². The number of aromatic amines is 2. The van der Waals surface area contributed by atoms with Crippen LogP contribution >= 0.6 is 43.5 Å². The fourth-order valence-corrected chi connectivity index (χ4v) is 2.51. The second kappa shape index (κ2) is 6.08. The van der Waals surface area contributed by atoms with Gasteiger partial charge in [-0.15, -0.1) is 0 Å². The zero-order valence-corrected chi connectivity index (χ0v) is 14.2. The summed E-state index contributed by atoms with van der Waals surface area (Å²) in [6, 6.07) is 1.96. The van der Waals surface area contributed by atoms with Gasteiger partial charge in [-0.3, -0.25) is 10.2 Å². The number of fused-ring (bicyclic) bond motifs is 2. The van der Waals surface area contributed by atoms with Gasteiger partial charge in [0.2, 0.25) is 0 Å². The van der Waals surface area contributed by atoms with Crippen molar-refractivity contribution in [2.24, 2.45) is 0 Å². The average molecular weight is 430 g/mol. The first-order valence-electron chi connectivity index (χ1n) is 5.73. The number of aromatic nitrogens is 6. The maximum absolute atomic E-state index is 5.92.